The zero-order valence-electron chi connectivity index (χ0n) is 5.56. The zero-order chi connectivity index (χ0) is 7.40. The molecule has 2 heteroatoms. The fourth-order valence-corrected chi connectivity index (χ4v) is 0.778. The molecule has 0 saturated carbocycles. The molecule has 0 N–H and O–H groups in total. The van der Waals surface area contributed by atoms with Gasteiger partial charge in [0, 0.05) is 18.0 Å². The SMILES string of the molecule is CC#Cc1ccncc1Cl. The fraction of sp³-hybridized carbons (Fsp3) is 0.125. The number of rotatable bonds is 0. The van der Waals surface area contributed by atoms with Crippen molar-refractivity contribution >= 4 is 11.6 Å². The lowest BCUT2D eigenvalue weighted by atomic mass is 10.3. The minimum Gasteiger partial charge on any atom is -0.263 e. The Labute approximate surface area is 65.0 Å². The van der Waals surface area contributed by atoms with Gasteiger partial charge in [0.2, 0.25) is 0 Å². The molecule has 0 fully saturated rings. The van der Waals surface area contributed by atoms with Crippen LogP contribution in [0.2, 0.25) is 5.02 Å². The van der Waals surface area contributed by atoms with Gasteiger partial charge in [0.15, 0.2) is 0 Å². The van der Waals surface area contributed by atoms with Gasteiger partial charge in [-0.1, -0.05) is 17.5 Å². The van der Waals surface area contributed by atoms with Crippen LogP contribution in [0.15, 0.2) is 18.5 Å². The second-order valence-electron chi connectivity index (χ2n) is 1.73. The van der Waals surface area contributed by atoms with E-state index in [9.17, 15) is 0 Å². The van der Waals surface area contributed by atoms with Crippen LogP contribution in [0.25, 0.3) is 0 Å². The van der Waals surface area contributed by atoms with Gasteiger partial charge in [-0.15, -0.1) is 5.92 Å². The molecule has 0 amide bonds. The molecule has 1 heterocycles. The van der Waals surface area contributed by atoms with Crippen LogP contribution in [0.1, 0.15) is 12.5 Å². The minimum absolute atomic E-state index is 0.608. The highest BCUT2D eigenvalue weighted by Crippen LogP contribution is 2.10. The summed E-state index contributed by atoms with van der Waals surface area (Å²) in [5, 5.41) is 0.608. The molecular weight excluding hydrogens is 146 g/mol. The molecular formula is C8H6ClN. The molecule has 0 aliphatic heterocycles. The van der Waals surface area contributed by atoms with Crippen LogP contribution in [0, 0.1) is 11.8 Å². The van der Waals surface area contributed by atoms with E-state index in [0.29, 0.717) is 5.02 Å². The molecule has 0 bridgehead atoms. The smallest absolute Gasteiger partial charge is 0.0745 e. The Morgan fingerprint density at radius 3 is 3.00 bits per heavy atom. The van der Waals surface area contributed by atoms with Crippen molar-refractivity contribution in [3.63, 3.8) is 0 Å². The first-order chi connectivity index (χ1) is 4.84. The van der Waals surface area contributed by atoms with Gasteiger partial charge in [0.1, 0.15) is 0 Å². The molecule has 1 aromatic rings. The van der Waals surface area contributed by atoms with Crippen molar-refractivity contribution < 1.29 is 0 Å². The standard InChI is InChI=1S/C8H6ClN/c1-2-3-7-4-5-10-6-8(7)9/h4-6H,1H3. The first-order valence-electron chi connectivity index (χ1n) is 2.87. The Bertz CT molecular complexity index is 283. The molecule has 1 nitrogen and oxygen atoms in total. The summed E-state index contributed by atoms with van der Waals surface area (Å²) >= 11 is 5.74. The predicted octanol–water partition coefficient (Wildman–Crippen LogP) is 2.11. The first-order valence-corrected chi connectivity index (χ1v) is 3.24. The van der Waals surface area contributed by atoms with E-state index in [1.54, 1.807) is 25.4 Å². The third-order valence-corrected chi connectivity index (χ3v) is 1.33. The van der Waals surface area contributed by atoms with Crippen LogP contribution in [0.3, 0.4) is 0 Å². The van der Waals surface area contributed by atoms with Gasteiger partial charge in [-0.25, -0.2) is 0 Å². The second-order valence-corrected chi connectivity index (χ2v) is 2.14. The van der Waals surface area contributed by atoms with Crippen molar-refractivity contribution in [2.24, 2.45) is 0 Å². The third kappa shape index (κ3) is 1.49. The number of hydrogen-bond acceptors (Lipinski definition) is 1. The topological polar surface area (TPSA) is 12.9 Å². The highest BCUT2D eigenvalue weighted by atomic mass is 35.5. The van der Waals surface area contributed by atoms with Gasteiger partial charge in [-0.05, 0) is 13.0 Å². The van der Waals surface area contributed by atoms with Crippen molar-refractivity contribution in [3.8, 4) is 11.8 Å². The Morgan fingerprint density at radius 2 is 2.40 bits per heavy atom. The summed E-state index contributed by atoms with van der Waals surface area (Å²) in [6, 6.07) is 1.79. The monoisotopic (exact) mass is 151 g/mol. The van der Waals surface area contributed by atoms with E-state index in [1.807, 2.05) is 0 Å². The van der Waals surface area contributed by atoms with Crippen molar-refractivity contribution in [1.82, 2.24) is 4.98 Å². The Hall–Kier alpha value is -1.00. The summed E-state index contributed by atoms with van der Waals surface area (Å²) in [5.41, 5.74) is 0.833. The van der Waals surface area contributed by atoms with E-state index >= 15 is 0 Å². The van der Waals surface area contributed by atoms with E-state index in [2.05, 4.69) is 16.8 Å². The lowest BCUT2D eigenvalue weighted by molar-refractivity contribution is 1.32. The number of pyridine rings is 1. The normalized spacial score (nSPS) is 8.20. The average molecular weight is 152 g/mol. The second kappa shape index (κ2) is 3.24. The Balaban J connectivity index is 3.11. The zero-order valence-corrected chi connectivity index (χ0v) is 6.31. The molecule has 50 valence electrons. The van der Waals surface area contributed by atoms with Gasteiger partial charge in [-0.3, -0.25) is 4.98 Å². The first kappa shape index (κ1) is 7.11. The molecule has 1 rings (SSSR count). The largest absolute Gasteiger partial charge is 0.263 e. The van der Waals surface area contributed by atoms with E-state index in [-0.39, 0.29) is 0 Å². The summed E-state index contributed by atoms with van der Waals surface area (Å²) < 4.78 is 0. The molecule has 0 radical (unpaired) electrons. The van der Waals surface area contributed by atoms with Crippen LogP contribution < -0.4 is 0 Å². The Kier molecular flexibility index (Phi) is 2.30. The minimum atomic E-state index is 0.608. The van der Waals surface area contributed by atoms with E-state index in [0.717, 1.165) is 5.56 Å². The van der Waals surface area contributed by atoms with Crippen molar-refractivity contribution in [3.05, 3.63) is 29.0 Å². The molecule has 0 saturated heterocycles. The molecule has 0 aliphatic carbocycles. The number of hydrogen-bond donors (Lipinski definition) is 0. The van der Waals surface area contributed by atoms with E-state index in [1.165, 1.54) is 0 Å². The summed E-state index contributed by atoms with van der Waals surface area (Å²) in [7, 11) is 0. The van der Waals surface area contributed by atoms with Crippen LogP contribution in [-0.2, 0) is 0 Å². The molecule has 0 unspecified atom stereocenters. The van der Waals surface area contributed by atoms with Gasteiger partial charge in [-0.2, -0.15) is 0 Å². The predicted molar refractivity (Wildman–Crippen MR) is 41.8 cm³/mol. The summed E-state index contributed by atoms with van der Waals surface area (Å²) in [6.07, 6.45) is 3.26. The summed E-state index contributed by atoms with van der Waals surface area (Å²) in [4.78, 5) is 3.83. The van der Waals surface area contributed by atoms with Crippen molar-refractivity contribution in [2.75, 3.05) is 0 Å². The van der Waals surface area contributed by atoms with E-state index < -0.39 is 0 Å². The van der Waals surface area contributed by atoms with Gasteiger partial charge in [0.05, 0.1) is 5.02 Å². The number of nitrogens with zero attached hydrogens (tertiary/aromatic N) is 1. The average Bonchev–Trinajstić information content (AvgIpc) is 1.94. The van der Waals surface area contributed by atoms with Crippen LogP contribution >= 0.6 is 11.6 Å². The quantitative estimate of drug-likeness (QED) is 0.518. The lowest BCUT2D eigenvalue weighted by Gasteiger charge is -1.90. The highest BCUT2D eigenvalue weighted by Gasteiger charge is 1.91. The summed E-state index contributed by atoms with van der Waals surface area (Å²) in [5.74, 6) is 5.62. The molecule has 0 aromatic carbocycles. The van der Waals surface area contributed by atoms with Gasteiger partial charge in [0.25, 0.3) is 0 Å². The van der Waals surface area contributed by atoms with Crippen LogP contribution in [-0.4, -0.2) is 4.98 Å². The molecule has 0 spiro atoms. The van der Waals surface area contributed by atoms with E-state index in [4.69, 9.17) is 11.6 Å². The lowest BCUT2D eigenvalue weighted by Crippen LogP contribution is -1.76. The highest BCUT2D eigenvalue weighted by molar-refractivity contribution is 6.31. The van der Waals surface area contributed by atoms with Gasteiger partial charge >= 0.3 is 0 Å². The third-order valence-electron chi connectivity index (χ3n) is 1.03. The maximum absolute atomic E-state index is 5.74. The van der Waals surface area contributed by atoms with Crippen LogP contribution in [0.4, 0.5) is 0 Å². The fourth-order valence-electron chi connectivity index (χ4n) is 0.611. The molecule has 10 heavy (non-hydrogen) atoms. The number of aromatic nitrogens is 1. The summed E-state index contributed by atoms with van der Waals surface area (Å²) in [6.45, 7) is 1.77. The molecule has 0 aliphatic rings. The van der Waals surface area contributed by atoms with Crippen molar-refractivity contribution in [2.45, 2.75) is 6.92 Å². The maximum Gasteiger partial charge on any atom is 0.0745 e. The maximum atomic E-state index is 5.74. The number of halogens is 1. The Morgan fingerprint density at radius 1 is 1.60 bits per heavy atom. The van der Waals surface area contributed by atoms with Gasteiger partial charge < -0.3 is 0 Å². The molecule has 1 aromatic heterocycles. The van der Waals surface area contributed by atoms with Crippen LogP contribution in [0.5, 0.6) is 0 Å². The van der Waals surface area contributed by atoms with Crippen molar-refractivity contribution in [1.29, 1.82) is 0 Å². The molecule has 0 atom stereocenters.